The Hall–Kier alpha value is -2.45. The molecule has 2 aromatic carbocycles. The highest BCUT2D eigenvalue weighted by molar-refractivity contribution is 7.89. The average Bonchev–Trinajstić information content (AvgIpc) is 3.29. The monoisotopic (exact) mass is 446 g/mol. The quantitative estimate of drug-likeness (QED) is 0.704. The molecule has 6 nitrogen and oxygen atoms in total. The molecular weight excluding hydrogens is 419 g/mol. The molecule has 2 saturated heterocycles. The highest BCUT2D eigenvalue weighted by Crippen LogP contribution is 2.36. The third kappa shape index (κ3) is 4.45. The number of halogens is 1. The van der Waals surface area contributed by atoms with Crippen molar-refractivity contribution in [1.82, 2.24) is 9.21 Å². The summed E-state index contributed by atoms with van der Waals surface area (Å²) in [6.45, 7) is 1.29. The summed E-state index contributed by atoms with van der Waals surface area (Å²) in [4.78, 5) is 15.3. The summed E-state index contributed by atoms with van der Waals surface area (Å²) in [6.07, 6.45) is 2.84. The van der Waals surface area contributed by atoms with Crippen molar-refractivity contribution < 1.29 is 22.3 Å². The maximum Gasteiger partial charge on any atom is 0.243 e. The smallest absolute Gasteiger partial charge is 0.243 e. The Morgan fingerprint density at radius 2 is 1.74 bits per heavy atom. The van der Waals surface area contributed by atoms with Gasteiger partial charge in [0.05, 0.1) is 18.0 Å². The topological polar surface area (TPSA) is 66.9 Å². The highest BCUT2D eigenvalue weighted by Gasteiger charge is 2.37. The van der Waals surface area contributed by atoms with Crippen LogP contribution in [0, 0.1) is 11.7 Å². The summed E-state index contributed by atoms with van der Waals surface area (Å²) in [5, 5.41) is 0. The van der Waals surface area contributed by atoms with Gasteiger partial charge in [-0.25, -0.2) is 12.8 Å². The molecule has 0 bridgehead atoms. The van der Waals surface area contributed by atoms with Gasteiger partial charge in [0, 0.05) is 25.6 Å². The zero-order chi connectivity index (χ0) is 22.0. The van der Waals surface area contributed by atoms with Crippen LogP contribution in [0.25, 0.3) is 0 Å². The second-order valence-corrected chi connectivity index (χ2v) is 10.0. The number of carbonyl (C=O) groups excluding carboxylic acids is 1. The number of nitrogens with zero attached hydrogens (tertiary/aromatic N) is 2. The Balaban J connectivity index is 1.42. The van der Waals surface area contributed by atoms with E-state index in [1.54, 1.807) is 7.11 Å². The van der Waals surface area contributed by atoms with Crippen LogP contribution in [0.5, 0.6) is 5.75 Å². The summed E-state index contributed by atoms with van der Waals surface area (Å²) >= 11 is 0. The molecule has 2 fully saturated rings. The fourth-order valence-electron chi connectivity index (χ4n) is 4.56. The molecule has 2 aromatic rings. The van der Waals surface area contributed by atoms with Gasteiger partial charge in [-0.05, 0) is 67.6 Å². The summed E-state index contributed by atoms with van der Waals surface area (Å²) in [5.41, 5.74) is 1.07. The molecule has 8 heteroatoms. The maximum atomic E-state index is 13.3. The number of amides is 1. The molecule has 0 aromatic heterocycles. The molecule has 0 N–H and O–H groups in total. The third-order valence-corrected chi connectivity index (χ3v) is 8.18. The molecule has 0 saturated carbocycles. The molecule has 0 aliphatic carbocycles. The SMILES string of the molecule is COc1cccc([C@@H]2CCCN2C(=O)C2CCN(S(=O)(=O)c3ccc(F)cc3)CC2)c1. The lowest BCUT2D eigenvalue weighted by Gasteiger charge is -2.34. The van der Waals surface area contributed by atoms with E-state index in [9.17, 15) is 17.6 Å². The van der Waals surface area contributed by atoms with Gasteiger partial charge in [-0.2, -0.15) is 4.31 Å². The van der Waals surface area contributed by atoms with Crippen LogP contribution in [0.1, 0.15) is 37.3 Å². The van der Waals surface area contributed by atoms with E-state index in [1.165, 1.54) is 16.4 Å². The Kier molecular flexibility index (Phi) is 6.29. The van der Waals surface area contributed by atoms with Crippen LogP contribution >= 0.6 is 0 Å². The summed E-state index contributed by atoms with van der Waals surface area (Å²) in [7, 11) is -2.05. The number of hydrogen-bond donors (Lipinski definition) is 0. The fraction of sp³-hybridized carbons (Fsp3) is 0.435. The first-order valence-electron chi connectivity index (χ1n) is 10.6. The maximum absolute atomic E-state index is 13.3. The summed E-state index contributed by atoms with van der Waals surface area (Å²) in [6, 6.07) is 12.7. The zero-order valence-corrected chi connectivity index (χ0v) is 18.4. The van der Waals surface area contributed by atoms with Crippen LogP contribution in [0.2, 0.25) is 0 Å². The Bertz CT molecular complexity index is 1030. The van der Waals surface area contributed by atoms with Crippen LogP contribution in [0.4, 0.5) is 4.39 Å². The number of ether oxygens (including phenoxy) is 1. The van der Waals surface area contributed by atoms with E-state index in [-0.39, 0.29) is 35.9 Å². The van der Waals surface area contributed by atoms with Crippen molar-refractivity contribution in [2.45, 2.75) is 36.6 Å². The van der Waals surface area contributed by atoms with E-state index >= 15 is 0 Å². The molecule has 0 radical (unpaired) electrons. The first-order valence-corrected chi connectivity index (χ1v) is 12.0. The van der Waals surface area contributed by atoms with Gasteiger partial charge < -0.3 is 9.64 Å². The van der Waals surface area contributed by atoms with Gasteiger partial charge in [0.25, 0.3) is 0 Å². The number of likely N-dealkylation sites (tertiary alicyclic amines) is 1. The lowest BCUT2D eigenvalue weighted by atomic mass is 9.95. The summed E-state index contributed by atoms with van der Waals surface area (Å²) in [5.74, 6) is 0.214. The molecule has 4 rings (SSSR count). The van der Waals surface area contributed by atoms with Gasteiger partial charge in [-0.1, -0.05) is 12.1 Å². The first kappa shape index (κ1) is 21.8. The van der Waals surface area contributed by atoms with Gasteiger partial charge in [0.1, 0.15) is 11.6 Å². The number of carbonyl (C=O) groups is 1. The molecule has 2 aliphatic rings. The van der Waals surface area contributed by atoms with E-state index in [0.29, 0.717) is 12.8 Å². The molecule has 1 amide bonds. The molecule has 31 heavy (non-hydrogen) atoms. The van der Waals surface area contributed by atoms with E-state index < -0.39 is 15.8 Å². The number of sulfonamides is 1. The molecule has 2 heterocycles. The Morgan fingerprint density at radius 1 is 1.03 bits per heavy atom. The van der Waals surface area contributed by atoms with Crippen molar-refractivity contribution in [3.63, 3.8) is 0 Å². The van der Waals surface area contributed by atoms with Crippen molar-refractivity contribution in [2.75, 3.05) is 26.7 Å². The molecule has 0 spiro atoms. The third-order valence-electron chi connectivity index (χ3n) is 6.27. The van der Waals surface area contributed by atoms with E-state index in [4.69, 9.17) is 4.74 Å². The van der Waals surface area contributed by atoms with Crippen molar-refractivity contribution in [1.29, 1.82) is 0 Å². The first-order chi connectivity index (χ1) is 14.9. The van der Waals surface area contributed by atoms with Crippen molar-refractivity contribution in [3.05, 3.63) is 59.9 Å². The zero-order valence-electron chi connectivity index (χ0n) is 17.5. The normalized spacial score (nSPS) is 20.7. The van der Waals surface area contributed by atoms with Crippen LogP contribution in [-0.4, -0.2) is 50.3 Å². The minimum Gasteiger partial charge on any atom is -0.497 e. The largest absolute Gasteiger partial charge is 0.497 e. The Labute approximate surface area is 182 Å². The van der Waals surface area contributed by atoms with E-state index in [0.717, 1.165) is 42.8 Å². The number of hydrogen-bond acceptors (Lipinski definition) is 4. The molecular formula is C23H27FN2O4S. The standard InChI is InChI=1S/C23H27FN2O4S/c1-30-20-5-2-4-18(16-20)22-6-3-13-26(22)23(27)17-11-14-25(15-12-17)31(28,29)21-9-7-19(24)8-10-21/h2,4-5,7-10,16-17,22H,3,6,11-15H2,1H3/t22-/m0/s1. The van der Waals surface area contributed by atoms with Crippen LogP contribution in [0.15, 0.2) is 53.4 Å². The Morgan fingerprint density at radius 3 is 2.42 bits per heavy atom. The lowest BCUT2D eigenvalue weighted by Crippen LogP contribution is -2.44. The van der Waals surface area contributed by atoms with E-state index in [2.05, 4.69) is 0 Å². The van der Waals surface area contributed by atoms with Crippen molar-refractivity contribution in [2.24, 2.45) is 5.92 Å². The lowest BCUT2D eigenvalue weighted by molar-refractivity contribution is -0.137. The van der Waals surface area contributed by atoms with Gasteiger partial charge >= 0.3 is 0 Å². The summed E-state index contributed by atoms with van der Waals surface area (Å²) < 4.78 is 45.5. The number of rotatable bonds is 5. The van der Waals surface area contributed by atoms with E-state index in [1.807, 2.05) is 29.2 Å². The van der Waals surface area contributed by atoms with Crippen molar-refractivity contribution >= 4 is 15.9 Å². The fourth-order valence-corrected chi connectivity index (χ4v) is 6.03. The second kappa shape index (κ2) is 8.96. The minimum absolute atomic E-state index is 0.0311. The van der Waals surface area contributed by atoms with Crippen LogP contribution in [0.3, 0.4) is 0 Å². The predicted molar refractivity (Wildman–Crippen MR) is 115 cm³/mol. The van der Waals surface area contributed by atoms with Crippen molar-refractivity contribution in [3.8, 4) is 5.75 Å². The molecule has 1 atom stereocenters. The van der Waals surface area contributed by atoms with Crippen LogP contribution in [-0.2, 0) is 14.8 Å². The van der Waals surface area contributed by atoms with Gasteiger partial charge in [0.2, 0.25) is 15.9 Å². The predicted octanol–water partition coefficient (Wildman–Crippen LogP) is 3.60. The van der Waals surface area contributed by atoms with Gasteiger partial charge in [-0.15, -0.1) is 0 Å². The number of benzene rings is 2. The molecule has 2 aliphatic heterocycles. The van der Waals surface area contributed by atoms with Gasteiger partial charge in [0.15, 0.2) is 0 Å². The average molecular weight is 447 g/mol. The van der Waals surface area contributed by atoms with Gasteiger partial charge in [-0.3, -0.25) is 4.79 Å². The molecule has 0 unspecified atom stereocenters. The second-order valence-electron chi connectivity index (χ2n) is 8.10. The highest BCUT2D eigenvalue weighted by atomic mass is 32.2. The number of piperidine rings is 1. The van der Waals surface area contributed by atoms with Crippen LogP contribution < -0.4 is 4.74 Å². The molecule has 166 valence electrons. The minimum atomic E-state index is -3.68. The number of methoxy groups -OCH3 is 1.